The highest BCUT2D eigenvalue weighted by Crippen LogP contribution is 2.26. The van der Waals surface area contributed by atoms with E-state index in [-0.39, 0.29) is 11.9 Å². The molecule has 8 heteroatoms. The van der Waals surface area contributed by atoms with E-state index in [2.05, 4.69) is 20.1 Å². The molecule has 1 amide bonds. The number of carbonyl (C=O) groups is 1. The van der Waals surface area contributed by atoms with E-state index in [9.17, 15) is 13.6 Å². The molecule has 1 aliphatic heterocycles. The minimum absolute atomic E-state index is 0.0400. The van der Waals surface area contributed by atoms with Crippen LogP contribution in [0, 0.1) is 11.6 Å². The fourth-order valence-electron chi connectivity index (χ4n) is 3.51. The first kappa shape index (κ1) is 20.4. The van der Waals surface area contributed by atoms with E-state index in [1.165, 1.54) is 6.07 Å². The zero-order valence-electron chi connectivity index (χ0n) is 16.6. The monoisotopic (exact) mass is 391 g/mol. The maximum Gasteiger partial charge on any atom is 0.236 e. The number of halogens is 2. The average molecular weight is 391 g/mol. The molecule has 0 saturated carbocycles. The first-order valence-corrected chi connectivity index (χ1v) is 9.73. The molecule has 1 N–H and O–H groups in total. The van der Waals surface area contributed by atoms with E-state index in [0.29, 0.717) is 18.0 Å². The van der Waals surface area contributed by atoms with Crippen molar-refractivity contribution in [2.45, 2.75) is 45.1 Å². The number of nitrogens with one attached hydrogen (secondary N) is 1. The highest BCUT2D eigenvalue weighted by atomic mass is 19.2. The van der Waals surface area contributed by atoms with Gasteiger partial charge < -0.3 is 4.90 Å². The number of carbonyl (C=O) groups excluding carboxylic acids is 1. The number of likely N-dealkylation sites (N-methyl/N-ethyl adjacent to an activating group) is 1. The molecule has 2 aromatic rings. The zero-order valence-corrected chi connectivity index (χ0v) is 16.6. The van der Waals surface area contributed by atoms with E-state index >= 15 is 0 Å². The van der Waals surface area contributed by atoms with E-state index < -0.39 is 11.6 Å². The Morgan fingerprint density at radius 2 is 2.04 bits per heavy atom. The minimum atomic E-state index is -0.898. The Bertz CT molecular complexity index is 817. The van der Waals surface area contributed by atoms with Gasteiger partial charge in [-0.1, -0.05) is 13.0 Å². The van der Waals surface area contributed by atoms with Crippen molar-refractivity contribution in [3.05, 3.63) is 47.0 Å². The van der Waals surface area contributed by atoms with Crippen LogP contribution in [0.15, 0.2) is 18.2 Å². The number of likely N-dealkylation sites (tertiary alicyclic amines) is 1. The number of aryl methyl sites for hydroxylation is 1. The second kappa shape index (κ2) is 8.77. The van der Waals surface area contributed by atoms with Crippen LogP contribution >= 0.6 is 0 Å². The molecular weight excluding hydrogens is 364 g/mol. The number of benzene rings is 1. The number of nitrogens with zero attached hydrogens (tertiary/aromatic N) is 4. The van der Waals surface area contributed by atoms with Gasteiger partial charge in [0.15, 0.2) is 17.5 Å². The summed E-state index contributed by atoms with van der Waals surface area (Å²) in [4.78, 5) is 20.9. The van der Waals surface area contributed by atoms with Gasteiger partial charge in [0, 0.05) is 19.4 Å². The van der Waals surface area contributed by atoms with Gasteiger partial charge in [0.05, 0.1) is 12.6 Å². The van der Waals surface area contributed by atoms with Crippen LogP contribution in [-0.4, -0.2) is 57.6 Å². The normalized spacial score (nSPS) is 16.9. The van der Waals surface area contributed by atoms with Crippen LogP contribution in [0.25, 0.3) is 0 Å². The molecule has 2 heterocycles. The fourth-order valence-corrected chi connectivity index (χ4v) is 3.51. The Labute approximate surface area is 163 Å². The third kappa shape index (κ3) is 4.55. The number of hydrogen-bond acceptors (Lipinski definition) is 4. The van der Waals surface area contributed by atoms with E-state index in [4.69, 9.17) is 0 Å². The van der Waals surface area contributed by atoms with Crippen molar-refractivity contribution in [1.82, 2.24) is 25.0 Å². The number of piperidine rings is 1. The lowest BCUT2D eigenvalue weighted by Crippen LogP contribution is -2.42. The van der Waals surface area contributed by atoms with Crippen LogP contribution in [0.2, 0.25) is 0 Å². The lowest BCUT2D eigenvalue weighted by atomic mass is 9.96. The molecule has 0 radical (unpaired) electrons. The average Bonchev–Trinajstić information content (AvgIpc) is 3.18. The first-order valence-electron chi connectivity index (χ1n) is 9.73. The number of amides is 1. The summed E-state index contributed by atoms with van der Waals surface area (Å²) in [6.45, 7) is 5.77. The van der Waals surface area contributed by atoms with Gasteiger partial charge in [0.2, 0.25) is 5.91 Å². The fraction of sp³-hybridized carbons (Fsp3) is 0.550. The molecule has 0 bridgehead atoms. The number of hydrogen-bond donors (Lipinski definition) is 1. The molecule has 1 aliphatic rings. The van der Waals surface area contributed by atoms with Crippen molar-refractivity contribution in [2.75, 3.05) is 26.7 Å². The number of rotatable bonds is 6. The predicted molar refractivity (Wildman–Crippen MR) is 102 cm³/mol. The Hall–Kier alpha value is -2.35. The molecule has 3 rings (SSSR count). The summed E-state index contributed by atoms with van der Waals surface area (Å²) < 4.78 is 26.6. The number of aromatic amines is 1. The van der Waals surface area contributed by atoms with Gasteiger partial charge in [0.1, 0.15) is 5.82 Å². The summed E-state index contributed by atoms with van der Waals surface area (Å²) in [5.41, 5.74) is 0.574. The van der Waals surface area contributed by atoms with Crippen LogP contribution in [0.3, 0.4) is 0 Å². The first-order chi connectivity index (χ1) is 13.4. The summed E-state index contributed by atoms with van der Waals surface area (Å²) in [7, 11) is 1.70. The molecule has 0 spiro atoms. The third-order valence-electron chi connectivity index (χ3n) is 5.60. The van der Waals surface area contributed by atoms with Gasteiger partial charge in [-0.2, -0.15) is 5.10 Å². The van der Waals surface area contributed by atoms with Crippen LogP contribution in [0.4, 0.5) is 8.78 Å². The number of H-pyrrole nitrogens is 1. The van der Waals surface area contributed by atoms with Gasteiger partial charge in [-0.15, -0.1) is 0 Å². The molecule has 1 saturated heterocycles. The van der Waals surface area contributed by atoms with Crippen molar-refractivity contribution < 1.29 is 13.6 Å². The topological polar surface area (TPSA) is 65.1 Å². The van der Waals surface area contributed by atoms with Crippen molar-refractivity contribution in [3.8, 4) is 0 Å². The quantitative estimate of drug-likeness (QED) is 0.822. The van der Waals surface area contributed by atoms with Crippen LogP contribution in [-0.2, 0) is 11.2 Å². The van der Waals surface area contributed by atoms with Crippen molar-refractivity contribution in [2.24, 2.45) is 0 Å². The molecule has 1 unspecified atom stereocenters. The summed E-state index contributed by atoms with van der Waals surface area (Å²) >= 11 is 0. The molecule has 1 aromatic heterocycles. The van der Waals surface area contributed by atoms with Crippen molar-refractivity contribution >= 4 is 5.91 Å². The smallest absolute Gasteiger partial charge is 0.236 e. The van der Waals surface area contributed by atoms with Crippen LogP contribution in [0.1, 0.15) is 55.9 Å². The van der Waals surface area contributed by atoms with E-state index in [1.54, 1.807) is 11.9 Å². The molecular formula is C20H27F2N5O. The third-order valence-corrected chi connectivity index (χ3v) is 5.60. The Balaban J connectivity index is 1.52. The predicted octanol–water partition coefficient (Wildman–Crippen LogP) is 3.04. The molecule has 6 nitrogen and oxygen atoms in total. The van der Waals surface area contributed by atoms with Crippen LogP contribution in [0.5, 0.6) is 0 Å². The molecule has 1 fully saturated rings. The largest absolute Gasteiger partial charge is 0.338 e. The molecule has 28 heavy (non-hydrogen) atoms. The Morgan fingerprint density at radius 3 is 2.64 bits per heavy atom. The van der Waals surface area contributed by atoms with Gasteiger partial charge in [-0.25, -0.2) is 13.8 Å². The second-order valence-corrected chi connectivity index (χ2v) is 7.40. The summed E-state index contributed by atoms with van der Waals surface area (Å²) in [5.74, 6) is 0.270. The van der Waals surface area contributed by atoms with Gasteiger partial charge in [-0.3, -0.25) is 14.8 Å². The minimum Gasteiger partial charge on any atom is -0.338 e. The molecule has 0 aliphatic carbocycles. The summed E-state index contributed by atoms with van der Waals surface area (Å²) in [5, 5.41) is 7.27. The lowest BCUT2D eigenvalue weighted by molar-refractivity contribution is -0.133. The van der Waals surface area contributed by atoms with Crippen molar-refractivity contribution in [1.29, 1.82) is 0 Å². The standard InChI is InChI=1S/C20H27F2N5O/c1-4-18-23-20(25-24-18)14-7-9-27(10-8-14)12-19(28)26(3)13(2)15-5-6-16(21)17(22)11-15/h5-6,11,13-14H,4,7-10,12H2,1-3H3,(H,23,24,25). The Kier molecular flexibility index (Phi) is 6.39. The van der Waals surface area contributed by atoms with E-state index in [1.807, 2.05) is 13.8 Å². The zero-order chi connectivity index (χ0) is 20.3. The summed E-state index contributed by atoms with van der Waals surface area (Å²) in [6.07, 6.45) is 2.66. The molecule has 1 aromatic carbocycles. The maximum atomic E-state index is 13.5. The van der Waals surface area contributed by atoms with E-state index in [0.717, 1.165) is 56.1 Å². The molecule has 1 atom stereocenters. The van der Waals surface area contributed by atoms with Crippen molar-refractivity contribution in [3.63, 3.8) is 0 Å². The van der Waals surface area contributed by atoms with Gasteiger partial charge >= 0.3 is 0 Å². The Morgan fingerprint density at radius 1 is 1.32 bits per heavy atom. The summed E-state index contributed by atoms with van der Waals surface area (Å²) in [6, 6.07) is 3.43. The van der Waals surface area contributed by atoms with Crippen LogP contribution < -0.4 is 0 Å². The van der Waals surface area contributed by atoms with Gasteiger partial charge in [0.25, 0.3) is 0 Å². The SMILES string of the molecule is CCc1nc(C2CCN(CC(=O)N(C)C(C)c3ccc(F)c(F)c3)CC2)n[nH]1. The second-order valence-electron chi connectivity index (χ2n) is 7.40. The maximum absolute atomic E-state index is 13.5. The number of aromatic nitrogens is 3. The molecule has 152 valence electrons. The highest BCUT2D eigenvalue weighted by Gasteiger charge is 2.26. The van der Waals surface area contributed by atoms with Gasteiger partial charge in [-0.05, 0) is 50.6 Å². The highest BCUT2D eigenvalue weighted by molar-refractivity contribution is 5.78. The lowest BCUT2D eigenvalue weighted by Gasteiger charge is -2.33.